The molecule has 806 valence electrons. The van der Waals surface area contributed by atoms with Gasteiger partial charge in [0.1, 0.15) is 5.78 Å². The van der Waals surface area contributed by atoms with Gasteiger partial charge in [0.2, 0.25) is 5.91 Å². The van der Waals surface area contributed by atoms with Crippen LogP contribution in [0.3, 0.4) is 0 Å². The third-order valence-electron chi connectivity index (χ3n) is 24.8. The maximum Gasteiger partial charge on any atom is 0.305 e. The van der Waals surface area contributed by atoms with Gasteiger partial charge in [-0.05, 0) is 198 Å². The number of alkyl halides is 2. The van der Waals surface area contributed by atoms with E-state index in [4.69, 9.17) is 41.6 Å². The minimum atomic E-state index is -0.670. The summed E-state index contributed by atoms with van der Waals surface area (Å²) in [6, 6.07) is 0. The fourth-order valence-electron chi connectivity index (χ4n) is 15.9. The number of carbonyl (C=O) groups is 7. The molecular formula is C114H233BrClN5O13. The van der Waals surface area contributed by atoms with E-state index in [0.717, 1.165) is 206 Å². The highest BCUT2D eigenvalue weighted by Gasteiger charge is 2.18. The number of carbonyl (C=O) groups excluding carboxylic acids is 6. The molecule has 3 unspecified atom stereocenters. The van der Waals surface area contributed by atoms with Gasteiger partial charge in [-0.25, -0.2) is 0 Å². The Balaban J connectivity index is -0.000000298. The van der Waals surface area contributed by atoms with Crippen molar-refractivity contribution in [3.05, 3.63) is 0 Å². The second-order valence-electron chi connectivity index (χ2n) is 37.9. The predicted molar refractivity (Wildman–Crippen MR) is 584 cm³/mol. The number of hydrogen-bond acceptors (Lipinski definition) is 16. The van der Waals surface area contributed by atoms with Crippen LogP contribution in [0.1, 0.15) is 583 Å². The Bertz CT molecular complexity index is 2190. The number of amides is 1. The molecule has 0 aliphatic carbocycles. The molecular weight excluding hydrogens is 1760 g/mol. The van der Waals surface area contributed by atoms with E-state index in [0.29, 0.717) is 88.4 Å². The molecule has 0 aromatic heterocycles. The predicted octanol–water partition coefficient (Wildman–Crippen LogP) is 32.8. The first-order valence-electron chi connectivity index (χ1n) is 57.2. The Labute approximate surface area is 846 Å². The van der Waals surface area contributed by atoms with Crippen LogP contribution in [-0.4, -0.2) is 148 Å². The fraction of sp³-hybridized carbons (Fsp3) is 0.939. The molecule has 0 radical (unpaired) electrons. The minimum absolute atomic E-state index is 0.0103. The summed E-state index contributed by atoms with van der Waals surface area (Å²) in [6.07, 6.45) is 92.9. The van der Waals surface area contributed by atoms with Crippen LogP contribution in [0, 0.1) is 17.8 Å². The number of hydrogen-bond donors (Lipinski definition) is 6. The van der Waals surface area contributed by atoms with Crippen LogP contribution < -0.4 is 22.5 Å². The van der Waals surface area contributed by atoms with Crippen LogP contribution in [0.5, 0.6) is 0 Å². The average Bonchev–Trinajstić information content (AvgIpc) is 0.976. The van der Waals surface area contributed by atoms with Crippen molar-refractivity contribution in [2.24, 2.45) is 35.0 Å². The third-order valence-corrected chi connectivity index (χ3v) is 25.3. The number of halogens is 2. The number of nitrogens with zero attached hydrogens (tertiary/aromatic N) is 1. The van der Waals surface area contributed by atoms with E-state index in [9.17, 15) is 33.6 Å². The first-order valence-corrected chi connectivity index (χ1v) is 59.1. The Morgan fingerprint density at radius 2 is 0.500 bits per heavy atom. The lowest BCUT2D eigenvalue weighted by atomic mass is 9.95. The van der Waals surface area contributed by atoms with Gasteiger partial charge in [0.15, 0.2) is 0 Å². The summed E-state index contributed by atoms with van der Waals surface area (Å²) in [5, 5.41) is 19.2. The topological polar surface area (TPSA) is 290 Å². The van der Waals surface area contributed by atoms with Gasteiger partial charge >= 0.3 is 29.8 Å². The summed E-state index contributed by atoms with van der Waals surface area (Å²) in [5.41, 5.74) is 15.7. The minimum Gasteiger partial charge on any atom is -0.481 e. The van der Waals surface area contributed by atoms with Gasteiger partial charge in [-0.2, -0.15) is 0 Å². The van der Waals surface area contributed by atoms with Crippen LogP contribution in [-0.2, 0) is 52.5 Å². The summed E-state index contributed by atoms with van der Waals surface area (Å²) >= 11 is 8.07. The van der Waals surface area contributed by atoms with Crippen LogP contribution in [0.2, 0.25) is 0 Å². The molecule has 0 rings (SSSR count). The zero-order valence-corrected chi connectivity index (χ0v) is 93.7. The van der Waals surface area contributed by atoms with Crippen molar-refractivity contribution in [1.29, 1.82) is 0 Å². The summed E-state index contributed by atoms with van der Waals surface area (Å²) in [7, 11) is 2.44. The molecule has 20 heteroatoms. The highest BCUT2D eigenvalue weighted by Crippen LogP contribution is 2.25. The molecule has 0 fully saturated rings. The molecule has 0 saturated heterocycles. The molecule has 0 heterocycles. The molecule has 1 amide bonds. The van der Waals surface area contributed by atoms with E-state index in [1.807, 2.05) is 0 Å². The Morgan fingerprint density at radius 3 is 0.761 bits per heavy atom. The number of methoxy groups -OCH3 is 1. The van der Waals surface area contributed by atoms with E-state index in [-0.39, 0.29) is 29.8 Å². The van der Waals surface area contributed by atoms with E-state index in [1.165, 1.54) is 335 Å². The molecule has 134 heavy (non-hydrogen) atoms. The molecule has 0 spiro atoms. The van der Waals surface area contributed by atoms with Gasteiger partial charge in [0.25, 0.3) is 0 Å². The van der Waals surface area contributed by atoms with E-state index >= 15 is 0 Å². The number of aliphatic hydroxyl groups excluding tert-OH is 1. The van der Waals surface area contributed by atoms with Gasteiger partial charge in [-0.1, -0.05) is 406 Å². The van der Waals surface area contributed by atoms with Gasteiger partial charge in [0.05, 0.1) is 26.9 Å². The fourth-order valence-corrected chi connectivity index (χ4v) is 16.3. The lowest BCUT2D eigenvalue weighted by Crippen LogP contribution is -2.27. The van der Waals surface area contributed by atoms with Crippen molar-refractivity contribution in [3.63, 3.8) is 0 Å². The van der Waals surface area contributed by atoms with Crippen molar-refractivity contribution in [2.45, 2.75) is 583 Å². The number of esters is 4. The number of aliphatic carboxylic acids is 1. The summed E-state index contributed by atoms with van der Waals surface area (Å²) in [6.45, 7) is 30.4. The quantitative estimate of drug-likeness (QED) is 0.0143. The summed E-state index contributed by atoms with van der Waals surface area (Å²) in [4.78, 5) is 84.5. The molecule has 0 saturated carbocycles. The summed E-state index contributed by atoms with van der Waals surface area (Å²) < 4.78 is 21.9. The molecule has 9 N–H and O–H groups in total. The SMILES string of the molecule is CCCCCCCC(=O)NCCCCN.CCCCCCCC(=O)O.CCCCCCCC(=O)OC.CCCCCCCCC(CCCCCC)COC(=O)CCCCCBr.CCCCCCCCC(CCCCCC)COC(=O)CCCCCN(CCCCCC(=O)CCCCCCC)CCCCCC(=O)OCC(CCCCCC)CCCCCCCC.CCl.CO.NCCCCN. The monoisotopic (exact) mass is 1990 g/mol. The molecule has 0 aliphatic rings. The highest BCUT2D eigenvalue weighted by atomic mass is 79.9. The smallest absolute Gasteiger partial charge is 0.305 e. The second kappa shape index (κ2) is 136. The number of ketones is 1. The Morgan fingerprint density at radius 1 is 0.284 bits per heavy atom. The van der Waals surface area contributed by atoms with Crippen molar-refractivity contribution >= 4 is 69.1 Å². The molecule has 0 aromatic rings. The Hall–Kier alpha value is -2.94. The standard InChI is InChI=1S/C57H111NO5.C22H43BrO2.C12H26N2O.C9H18O2.C8H16O2.C4H12N2.CH3Cl.CH4O/c1-6-11-16-21-24-31-42-53(40-29-19-14-9-4)51-62-56(60)46-35-27-38-49-58(48-37-26-34-45-55(59)44-33-23-18-13-8-3)50-39-28-36-47-57(61)63-52-54(41-30-20-15-10-5)43-32-25-22-17-12-7-2;1-3-5-7-9-10-13-17-21(16-12-8-6-4-2)20-25-22(24)18-14-11-15-19-23;1-2-3-4-5-6-9-12(15)14-11-8-7-10-13;1-3-4-5-6-7-8-9(10)11-2;1-2-3-4-5-6-7-8(9)10;5-3-1-2-4-6;2*1-2/h53-54H,6-52H2,1-5H3;21H,3-20H2,1-2H3;2-11,13H2,1H3,(H,14,15);3-8H2,1-2H3;2-7H2,1H3,(H,9,10);1-6H2;1H3;2H,1H3. The van der Waals surface area contributed by atoms with Gasteiger partial charge in [-0.3, -0.25) is 33.6 Å². The molecule has 18 nitrogen and oxygen atoms in total. The van der Waals surface area contributed by atoms with E-state index in [2.05, 4.69) is 112 Å². The van der Waals surface area contributed by atoms with Crippen LogP contribution >= 0.6 is 27.5 Å². The van der Waals surface area contributed by atoms with Crippen molar-refractivity contribution in [1.82, 2.24) is 10.2 Å². The lowest BCUT2D eigenvalue weighted by molar-refractivity contribution is -0.146. The Kier molecular flexibility index (Phi) is 149. The second-order valence-corrected chi connectivity index (χ2v) is 38.7. The molecule has 3 atom stereocenters. The zero-order valence-electron chi connectivity index (χ0n) is 91.4. The van der Waals surface area contributed by atoms with Crippen LogP contribution in [0.15, 0.2) is 0 Å². The number of aliphatic hydroxyl groups is 1. The number of ether oxygens (including phenoxy) is 4. The first-order chi connectivity index (χ1) is 65.4. The normalized spacial score (nSPS) is 11.3. The van der Waals surface area contributed by atoms with Crippen LogP contribution in [0.4, 0.5) is 0 Å². The summed E-state index contributed by atoms with van der Waals surface area (Å²) in [5.74, 6) is 1.49. The molecule has 0 bridgehead atoms. The number of carboxylic acid groups (broad SMARTS) is 1. The first kappa shape index (κ1) is 146. The number of unbranched alkanes of at least 4 members (excludes halogenated alkanes) is 50. The number of nitrogens with one attached hydrogen (secondary N) is 1. The van der Waals surface area contributed by atoms with Gasteiger partial charge in [0, 0.05) is 76.7 Å². The van der Waals surface area contributed by atoms with Crippen molar-refractivity contribution in [3.8, 4) is 0 Å². The number of rotatable bonds is 96. The lowest BCUT2D eigenvalue weighted by Gasteiger charge is -2.22. The zero-order chi connectivity index (χ0) is 101. The van der Waals surface area contributed by atoms with Crippen molar-refractivity contribution in [2.75, 3.05) is 91.6 Å². The molecule has 0 aromatic carbocycles. The molecule has 0 aliphatic heterocycles. The number of nitrogens with two attached hydrogens (primary N) is 3. The number of carboxylic acids is 1. The average molecular weight is 2000 g/mol. The largest absolute Gasteiger partial charge is 0.481 e. The van der Waals surface area contributed by atoms with E-state index in [1.54, 1.807) is 0 Å². The van der Waals surface area contributed by atoms with Gasteiger partial charge in [-0.15, -0.1) is 11.6 Å². The van der Waals surface area contributed by atoms with Gasteiger partial charge < -0.3 is 56.6 Å². The maximum absolute atomic E-state index is 12.8. The third kappa shape index (κ3) is 140. The van der Waals surface area contributed by atoms with E-state index < -0.39 is 5.97 Å². The highest BCUT2D eigenvalue weighted by molar-refractivity contribution is 9.09. The van der Waals surface area contributed by atoms with Crippen LogP contribution in [0.25, 0.3) is 0 Å². The maximum atomic E-state index is 12.8. The van der Waals surface area contributed by atoms with Crippen molar-refractivity contribution < 1.29 is 62.7 Å². The number of Topliss-reactive ketones (excluding diaryl/α,β-unsaturated/α-hetero) is 1.